The van der Waals surface area contributed by atoms with E-state index >= 15 is 0 Å². The summed E-state index contributed by atoms with van der Waals surface area (Å²) in [6, 6.07) is 11.0. The molecular weight excluding hydrogens is 413 g/mol. The van der Waals surface area contributed by atoms with Crippen LogP contribution in [0.4, 0.5) is 4.39 Å². The molecule has 1 saturated heterocycles. The molecule has 0 radical (unpaired) electrons. The van der Waals surface area contributed by atoms with Crippen LogP contribution in [0.5, 0.6) is 0 Å². The van der Waals surface area contributed by atoms with Gasteiger partial charge in [-0.2, -0.15) is 0 Å². The smallest absolute Gasteiger partial charge is 0.238 e. The molecule has 9 heteroatoms. The summed E-state index contributed by atoms with van der Waals surface area (Å²) in [5.41, 5.74) is 1.19. The van der Waals surface area contributed by atoms with Crippen molar-refractivity contribution in [2.45, 2.75) is 34.9 Å². The Hall–Kier alpha value is -1.65. The Bertz CT molecular complexity index is 997. The number of primary sulfonamides is 1. The summed E-state index contributed by atoms with van der Waals surface area (Å²) >= 11 is 0. The first-order valence-electron chi connectivity index (χ1n) is 9.40. The Morgan fingerprint density at radius 3 is 2.55 bits per heavy atom. The van der Waals surface area contributed by atoms with Gasteiger partial charge in [-0.3, -0.25) is 9.11 Å². The molecule has 0 aromatic heterocycles. The predicted octanol–water partition coefficient (Wildman–Crippen LogP) is 1.92. The van der Waals surface area contributed by atoms with Crippen molar-refractivity contribution in [2.24, 2.45) is 5.14 Å². The van der Waals surface area contributed by atoms with E-state index in [1.165, 1.54) is 30.3 Å². The van der Waals surface area contributed by atoms with Gasteiger partial charge in [0, 0.05) is 37.1 Å². The van der Waals surface area contributed by atoms with Gasteiger partial charge < -0.3 is 5.32 Å². The highest BCUT2D eigenvalue weighted by atomic mass is 32.2. The number of benzene rings is 2. The normalized spacial score (nSPS) is 20.3. The third-order valence-corrected chi connectivity index (χ3v) is 7.69. The minimum atomic E-state index is -3.82. The molecule has 0 aliphatic carbocycles. The van der Waals surface area contributed by atoms with Crippen molar-refractivity contribution in [3.8, 4) is 0 Å². The van der Waals surface area contributed by atoms with E-state index in [9.17, 15) is 17.0 Å². The molecule has 1 unspecified atom stereocenters. The highest BCUT2D eigenvalue weighted by Gasteiger charge is 2.26. The zero-order valence-electron chi connectivity index (χ0n) is 16.5. The number of sulfonamides is 1. The van der Waals surface area contributed by atoms with Crippen LogP contribution in [0.2, 0.25) is 0 Å². The third-order valence-electron chi connectivity index (χ3n) is 5.09. The standard InChI is InChI=1S/C20H26FN3O3S2/c1-14-3-4-16(11-19(14)21)20(13-24-10-9-23-15(2)12-24)28(25)17-5-7-18(8-6-17)29(22,26)27/h3-8,11,15,20,23H,9-10,12-13H2,1-2H3,(H2,22,26,27)/t15-,20-,28?/m1/s1. The molecule has 1 heterocycles. The summed E-state index contributed by atoms with van der Waals surface area (Å²) < 4.78 is 50.6. The van der Waals surface area contributed by atoms with E-state index in [0.29, 0.717) is 28.6 Å². The van der Waals surface area contributed by atoms with Gasteiger partial charge in [-0.25, -0.2) is 17.9 Å². The molecule has 1 fully saturated rings. The fourth-order valence-corrected chi connectivity index (χ4v) is 5.43. The number of nitrogens with one attached hydrogen (secondary N) is 1. The number of halogens is 1. The van der Waals surface area contributed by atoms with Crippen LogP contribution in [-0.4, -0.2) is 49.7 Å². The Balaban J connectivity index is 1.92. The number of nitrogens with two attached hydrogens (primary N) is 1. The van der Waals surface area contributed by atoms with Gasteiger partial charge in [0.2, 0.25) is 10.0 Å². The van der Waals surface area contributed by atoms with Crippen LogP contribution in [0.1, 0.15) is 23.3 Å². The van der Waals surface area contributed by atoms with Gasteiger partial charge in [-0.15, -0.1) is 0 Å². The molecule has 0 amide bonds. The van der Waals surface area contributed by atoms with Crippen LogP contribution >= 0.6 is 0 Å². The molecule has 0 bridgehead atoms. The number of rotatable bonds is 6. The van der Waals surface area contributed by atoms with Gasteiger partial charge in [0.1, 0.15) is 5.82 Å². The van der Waals surface area contributed by atoms with Crippen LogP contribution in [0.15, 0.2) is 52.3 Å². The number of hydrogen-bond acceptors (Lipinski definition) is 5. The summed E-state index contributed by atoms with van der Waals surface area (Å²) in [6.07, 6.45) is 0. The molecule has 3 N–H and O–H groups in total. The van der Waals surface area contributed by atoms with Gasteiger partial charge >= 0.3 is 0 Å². The van der Waals surface area contributed by atoms with Crippen molar-refractivity contribution in [1.29, 1.82) is 0 Å². The fraction of sp³-hybridized carbons (Fsp3) is 0.400. The molecule has 1 aliphatic rings. The van der Waals surface area contributed by atoms with Crippen molar-refractivity contribution in [3.05, 3.63) is 59.4 Å². The summed E-state index contributed by atoms with van der Waals surface area (Å²) in [7, 11) is -5.32. The maximum Gasteiger partial charge on any atom is 0.238 e. The van der Waals surface area contributed by atoms with Crippen LogP contribution in [-0.2, 0) is 20.8 Å². The Labute approximate surface area is 173 Å². The van der Waals surface area contributed by atoms with Gasteiger partial charge in [-0.05, 0) is 55.3 Å². The highest BCUT2D eigenvalue weighted by molar-refractivity contribution is 7.89. The average molecular weight is 440 g/mol. The molecule has 2 aromatic rings. The van der Waals surface area contributed by atoms with E-state index < -0.39 is 26.1 Å². The first-order chi connectivity index (χ1) is 13.6. The van der Waals surface area contributed by atoms with Crippen molar-refractivity contribution in [2.75, 3.05) is 26.2 Å². The van der Waals surface area contributed by atoms with Crippen LogP contribution in [0.25, 0.3) is 0 Å². The second kappa shape index (κ2) is 9.01. The van der Waals surface area contributed by atoms with Gasteiger partial charge in [0.25, 0.3) is 0 Å². The van der Waals surface area contributed by atoms with E-state index in [4.69, 9.17) is 5.14 Å². The molecule has 158 valence electrons. The molecule has 0 spiro atoms. The highest BCUT2D eigenvalue weighted by Crippen LogP contribution is 2.28. The largest absolute Gasteiger partial charge is 0.312 e. The number of aryl methyl sites for hydroxylation is 1. The lowest BCUT2D eigenvalue weighted by Crippen LogP contribution is -2.50. The summed E-state index contributed by atoms with van der Waals surface area (Å²) in [6.45, 7) is 6.76. The molecular formula is C20H26FN3O3S2. The lowest BCUT2D eigenvalue weighted by atomic mass is 10.1. The Morgan fingerprint density at radius 1 is 1.28 bits per heavy atom. The zero-order valence-corrected chi connectivity index (χ0v) is 18.1. The summed E-state index contributed by atoms with van der Waals surface area (Å²) in [4.78, 5) is 2.67. The lowest BCUT2D eigenvalue weighted by molar-refractivity contribution is 0.207. The van der Waals surface area contributed by atoms with Crippen LogP contribution in [0, 0.1) is 12.7 Å². The summed E-state index contributed by atoms with van der Waals surface area (Å²) in [5.74, 6) is -0.331. The number of hydrogen-bond donors (Lipinski definition) is 2. The average Bonchev–Trinajstić information content (AvgIpc) is 2.67. The second-order valence-corrected chi connectivity index (χ2v) is 10.6. The van der Waals surface area contributed by atoms with Crippen LogP contribution in [0.3, 0.4) is 0 Å². The maximum atomic E-state index is 14.2. The van der Waals surface area contributed by atoms with Crippen molar-refractivity contribution < 1.29 is 17.0 Å². The van der Waals surface area contributed by atoms with Crippen molar-refractivity contribution >= 4 is 20.8 Å². The summed E-state index contributed by atoms with van der Waals surface area (Å²) in [5, 5.41) is 8.07. The Kier molecular flexibility index (Phi) is 6.85. The maximum absolute atomic E-state index is 14.2. The molecule has 2 aromatic carbocycles. The van der Waals surface area contributed by atoms with Crippen molar-refractivity contribution in [1.82, 2.24) is 10.2 Å². The topological polar surface area (TPSA) is 92.5 Å². The minimum Gasteiger partial charge on any atom is -0.312 e. The van der Waals surface area contributed by atoms with Crippen molar-refractivity contribution in [3.63, 3.8) is 0 Å². The van der Waals surface area contributed by atoms with Gasteiger partial charge in [0.05, 0.1) is 20.9 Å². The third kappa shape index (κ3) is 5.49. The minimum absolute atomic E-state index is 0.0351. The number of piperazine rings is 1. The fourth-order valence-electron chi connectivity index (χ4n) is 3.45. The Morgan fingerprint density at radius 2 is 1.97 bits per heavy atom. The lowest BCUT2D eigenvalue weighted by Gasteiger charge is -2.34. The van der Waals surface area contributed by atoms with E-state index in [1.807, 2.05) is 6.07 Å². The molecule has 29 heavy (non-hydrogen) atoms. The van der Waals surface area contributed by atoms with E-state index in [1.54, 1.807) is 13.0 Å². The molecule has 6 nitrogen and oxygen atoms in total. The molecule has 1 aliphatic heterocycles. The van der Waals surface area contributed by atoms with Gasteiger partial charge in [-0.1, -0.05) is 12.1 Å². The van der Waals surface area contributed by atoms with E-state index in [-0.39, 0.29) is 10.7 Å². The zero-order chi connectivity index (χ0) is 21.2. The molecule has 3 rings (SSSR count). The SMILES string of the molecule is Cc1ccc([C@@H](CN2CCN[C@H](C)C2)S(=O)c2ccc(S(N)(=O)=O)cc2)cc1F. The first kappa shape index (κ1) is 22.0. The monoisotopic (exact) mass is 439 g/mol. The van der Waals surface area contributed by atoms with Crippen LogP contribution < -0.4 is 10.5 Å². The number of nitrogens with zero attached hydrogens (tertiary/aromatic N) is 1. The van der Waals surface area contributed by atoms with E-state index in [0.717, 1.165) is 19.6 Å². The quantitative estimate of drug-likeness (QED) is 0.718. The molecule has 0 saturated carbocycles. The first-order valence-corrected chi connectivity index (χ1v) is 12.2. The van der Waals surface area contributed by atoms with Gasteiger partial charge in [0.15, 0.2) is 0 Å². The second-order valence-electron chi connectivity index (χ2n) is 7.43. The molecule has 3 atom stereocenters. The van der Waals surface area contributed by atoms with E-state index in [2.05, 4.69) is 17.1 Å². The predicted molar refractivity (Wildman–Crippen MR) is 112 cm³/mol.